The fraction of sp³-hybridized carbons (Fsp3) is 0.444. The van der Waals surface area contributed by atoms with E-state index in [9.17, 15) is 9.59 Å². The second-order valence-electron chi connectivity index (χ2n) is 6.11. The van der Waals surface area contributed by atoms with Gasteiger partial charge in [-0.25, -0.2) is 9.78 Å². The third-order valence-electron chi connectivity index (χ3n) is 4.34. The number of nitriles is 1. The Bertz CT molecular complexity index is 854. The van der Waals surface area contributed by atoms with E-state index in [2.05, 4.69) is 15.3 Å². The summed E-state index contributed by atoms with van der Waals surface area (Å²) in [5.41, 5.74) is 1.73. The summed E-state index contributed by atoms with van der Waals surface area (Å²) in [4.78, 5) is 31.0. The van der Waals surface area contributed by atoms with Crippen molar-refractivity contribution < 1.29 is 19.1 Å². The number of H-pyrrole nitrogens is 1. The first-order valence-electron chi connectivity index (χ1n) is 8.58. The molecular formula is C18H20N4O4. The van der Waals surface area contributed by atoms with Crippen LogP contribution in [0, 0.1) is 11.3 Å². The molecule has 2 N–H and O–H groups in total. The Labute approximate surface area is 150 Å². The van der Waals surface area contributed by atoms with Gasteiger partial charge < -0.3 is 19.8 Å². The van der Waals surface area contributed by atoms with E-state index in [0.29, 0.717) is 29.7 Å². The number of fused-ring (bicyclic) bond motifs is 1. The summed E-state index contributed by atoms with van der Waals surface area (Å²) >= 11 is 0. The Balaban J connectivity index is 1.77. The molecule has 0 aliphatic heterocycles. The van der Waals surface area contributed by atoms with E-state index < -0.39 is 11.9 Å². The number of esters is 2. The van der Waals surface area contributed by atoms with Crippen LogP contribution in [0.2, 0.25) is 0 Å². The number of anilines is 1. The van der Waals surface area contributed by atoms with Crippen LogP contribution < -0.4 is 5.32 Å². The number of hydrogen-bond acceptors (Lipinski definition) is 7. The lowest BCUT2D eigenvalue weighted by molar-refractivity contribution is -0.147. The molecule has 0 saturated heterocycles. The standard InChI is InChI=1S/C18H20N4O4/c1-2-25-18(24)14-10-21-17-13(6-8-20-17)16(14)22-11-3-4-12(9-11)26-15(23)5-7-19/h6,8,10-12H,2-5,9H2,1H3,(H2,20,21,22)/t11-,12-/m0/s1. The molecule has 2 heterocycles. The molecule has 8 nitrogen and oxygen atoms in total. The Morgan fingerprint density at radius 1 is 1.46 bits per heavy atom. The summed E-state index contributed by atoms with van der Waals surface area (Å²) in [6.07, 6.45) is 4.93. The topological polar surface area (TPSA) is 117 Å². The zero-order valence-corrected chi connectivity index (χ0v) is 14.4. The van der Waals surface area contributed by atoms with Crippen molar-refractivity contribution in [2.45, 2.75) is 44.8 Å². The average Bonchev–Trinajstić information content (AvgIpc) is 3.25. The first-order chi connectivity index (χ1) is 12.6. The van der Waals surface area contributed by atoms with Gasteiger partial charge in [0, 0.05) is 30.2 Å². The van der Waals surface area contributed by atoms with Crippen LogP contribution in [-0.4, -0.2) is 40.7 Å². The second-order valence-corrected chi connectivity index (χ2v) is 6.11. The highest BCUT2D eigenvalue weighted by Gasteiger charge is 2.29. The fourth-order valence-electron chi connectivity index (χ4n) is 3.20. The normalized spacial score (nSPS) is 19.1. The zero-order valence-electron chi connectivity index (χ0n) is 14.4. The van der Waals surface area contributed by atoms with E-state index in [-0.39, 0.29) is 25.2 Å². The molecule has 1 fully saturated rings. The van der Waals surface area contributed by atoms with E-state index in [1.807, 2.05) is 6.07 Å². The molecule has 0 spiro atoms. The molecule has 0 aromatic carbocycles. The molecule has 26 heavy (non-hydrogen) atoms. The van der Waals surface area contributed by atoms with Crippen molar-refractivity contribution in [1.29, 1.82) is 5.26 Å². The number of carbonyl (C=O) groups excluding carboxylic acids is 2. The molecular weight excluding hydrogens is 336 g/mol. The van der Waals surface area contributed by atoms with Crippen molar-refractivity contribution in [3.8, 4) is 6.07 Å². The molecule has 1 saturated carbocycles. The third kappa shape index (κ3) is 3.77. The summed E-state index contributed by atoms with van der Waals surface area (Å²) in [5, 5.41) is 12.7. The van der Waals surface area contributed by atoms with Crippen molar-refractivity contribution >= 4 is 28.7 Å². The van der Waals surface area contributed by atoms with Crippen LogP contribution in [0.1, 0.15) is 43.0 Å². The maximum Gasteiger partial charge on any atom is 0.341 e. The molecule has 0 radical (unpaired) electrons. The molecule has 1 aliphatic rings. The highest BCUT2D eigenvalue weighted by molar-refractivity contribution is 6.04. The van der Waals surface area contributed by atoms with Gasteiger partial charge in [-0.05, 0) is 25.8 Å². The molecule has 2 aromatic heterocycles. The molecule has 0 unspecified atom stereocenters. The fourth-order valence-corrected chi connectivity index (χ4v) is 3.20. The van der Waals surface area contributed by atoms with Gasteiger partial charge >= 0.3 is 11.9 Å². The summed E-state index contributed by atoms with van der Waals surface area (Å²) in [6.45, 7) is 2.04. The van der Waals surface area contributed by atoms with Crippen LogP contribution in [0.25, 0.3) is 11.0 Å². The molecule has 3 rings (SSSR count). The quantitative estimate of drug-likeness (QED) is 0.764. The van der Waals surface area contributed by atoms with Crippen molar-refractivity contribution in [3.05, 3.63) is 24.0 Å². The molecule has 136 valence electrons. The number of aromatic amines is 1. The predicted octanol–water partition coefficient (Wildman–Crippen LogP) is 2.53. The average molecular weight is 356 g/mol. The minimum Gasteiger partial charge on any atom is -0.462 e. The van der Waals surface area contributed by atoms with Gasteiger partial charge in [0.05, 0.1) is 18.4 Å². The van der Waals surface area contributed by atoms with Crippen LogP contribution in [-0.2, 0) is 14.3 Å². The number of nitrogens with zero attached hydrogens (tertiary/aromatic N) is 2. The van der Waals surface area contributed by atoms with Gasteiger partial charge in [0.2, 0.25) is 0 Å². The van der Waals surface area contributed by atoms with Crippen LogP contribution in [0.5, 0.6) is 0 Å². The molecule has 2 aromatic rings. The van der Waals surface area contributed by atoms with Gasteiger partial charge in [-0.2, -0.15) is 5.26 Å². The van der Waals surface area contributed by atoms with Gasteiger partial charge in [0.1, 0.15) is 23.7 Å². The lowest BCUT2D eigenvalue weighted by atomic mass is 10.1. The number of nitrogens with one attached hydrogen (secondary N) is 2. The second kappa shape index (κ2) is 7.87. The van der Waals surface area contributed by atoms with E-state index >= 15 is 0 Å². The smallest absolute Gasteiger partial charge is 0.341 e. The summed E-state index contributed by atoms with van der Waals surface area (Å²) < 4.78 is 10.4. The molecule has 1 aliphatic carbocycles. The highest BCUT2D eigenvalue weighted by atomic mass is 16.5. The predicted molar refractivity (Wildman–Crippen MR) is 93.4 cm³/mol. The minimum atomic E-state index is -0.498. The Hall–Kier alpha value is -3.08. The number of carbonyl (C=O) groups is 2. The van der Waals surface area contributed by atoms with Gasteiger partial charge in [-0.15, -0.1) is 0 Å². The van der Waals surface area contributed by atoms with Crippen LogP contribution >= 0.6 is 0 Å². The molecule has 8 heteroatoms. The SMILES string of the molecule is CCOC(=O)c1cnc2[nH]ccc2c1N[C@H]1CC[C@H](OC(=O)CC#N)C1. The Morgan fingerprint density at radius 2 is 2.31 bits per heavy atom. The first-order valence-corrected chi connectivity index (χ1v) is 8.58. The monoisotopic (exact) mass is 356 g/mol. The third-order valence-corrected chi connectivity index (χ3v) is 4.34. The van der Waals surface area contributed by atoms with Crippen LogP contribution in [0.15, 0.2) is 18.5 Å². The highest BCUT2D eigenvalue weighted by Crippen LogP contribution is 2.31. The van der Waals surface area contributed by atoms with E-state index in [4.69, 9.17) is 14.7 Å². The number of aromatic nitrogens is 2. The molecule has 0 bridgehead atoms. The lowest BCUT2D eigenvalue weighted by Gasteiger charge is -2.18. The van der Waals surface area contributed by atoms with E-state index in [1.54, 1.807) is 19.2 Å². The lowest BCUT2D eigenvalue weighted by Crippen LogP contribution is -2.21. The number of rotatable bonds is 6. The summed E-state index contributed by atoms with van der Waals surface area (Å²) in [6, 6.07) is 3.69. The number of ether oxygens (including phenoxy) is 2. The van der Waals surface area contributed by atoms with Gasteiger partial charge in [0.15, 0.2) is 0 Å². The van der Waals surface area contributed by atoms with Crippen LogP contribution in [0.4, 0.5) is 5.69 Å². The zero-order chi connectivity index (χ0) is 18.5. The Kier molecular flexibility index (Phi) is 5.37. The van der Waals surface area contributed by atoms with Gasteiger partial charge in [-0.1, -0.05) is 0 Å². The van der Waals surface area contributed by atoms with Gasteiger partial charge in [0.25, 0.3) is 0 Å². The van der Waals surface area contributed by atoms with Gasteiger partial charge in [-0.3, -0.25) is 4.79 Å². The number of pyridine rings is 1. The number of hydrogen-bond donors (Lipinski definition) is 2. The summed E-state index contributed by atoms with van der Waals surface area (Å²) in [5.74, 6) is -0.928. The maximum absolute atomic E-state index is 12.3. The van der Waals surface area contributed by atoms with Crippen molar-refractivity contribution in [2.75, 3.05) is 11.9 Å². The van der Waals surface area contributed by atoms with Crippen molar-refractivity contribution in [3.63, 3.8) is 0 Å². The molecule has 0 amide bonds. The van der Waals surface area contributed by atoms with Crippen molar-refractivity contribution in [2.24, 2.45) is 0 Å². The summed E-state index contributed by atoms with van der Waals surface area (Å²) in [7, 11) is 0. The van der Waals surface area contributed by atoms with Crippen LogP contribution in [0.3, 0.4) is 0 Å². The van der Waals surface area contributed by atoms with E-state index in [1.165, 1.54) is 6.20 Å². The minimum absolute atomic E-state index is 0.0450. The van der Waals surface area contributed by atoms with Crippen molar-refractivity contribution in [1.82, 2.24) is 9.97 Å². The van der Waals surface area contributed by atoms with E-state index in [0.717, 1.165) is 11.8 Å². The molecule has 2 atom stereocenters. The first kappa shape index (κ1) is 17.7. The maximum atomic E-state index is 12.3. The largest absolute Gasteiger partial charge is 0.462 e. The Morgan fingerprint density at radius 3 is 3.08 bits per heavy atom.